The second kappa shape index (κ2) is 7.90. The van der Waals surface area contributed by atoms with Crippen molar-refractivity contribution in [1.82, 2.24) is 5.32 Å². The number of carboxylic acid groups (broad SMARTS) is 1. The van der Waals surface area contributed by atoms with Gasteiger partial charge in [-0.15, -0.1) is 0 Å². The first kappa shape index (κ1) is 14.9. The van der Waals surface area contributed by atoms with E-state index in [1.165, 1.54) is 32.1 Å². The van der Waals surface area contributed by atoms with Crippen LogP contribution in [0.2, 0.25) is 0 Å². The van der Waals surface area contributed by atoms with E-state index >= 15 is 0 Å². The first-order valence-corrected chi connectivity index (χ1v) is 7.42. The van der Waals surface area contributed by atoms with Gasteiger partial charge >= 0.3 is 5.97 Å². The predicted molar refractivity (Wildman–Crippen MR) is 78.3 cm³/mol. The lowest BCUT2D eigenvalue weighted by Crippen LogP contribution is -2.23. The Labute approximate surface area is 120 Å². The van der Waals surface area contributed by atoms with E-state index in [0.29, 0.717) is 12.4 Å². The maximum absolute atomic E-state index is 10.7. The fourth-order valence-electron chi connectivity index (χ4n) is 2.67. The fraction of sp³-hybridized carbons (Fsp3) is 0.562. The maximum atomic E-state index is 10.7. The first-order chi connectivity index (χ1) is 9.75. The Hall–Kier alpha value is -1.55. The Morgan fingerprint density at radius 1 is 1.20 bits per heavy atom. The molecule has 0 heterocycles. The topological polar surface area (TPSA) is 58.6 Å². The standard InChI is InChI=1S/C16H23NO3/c18-16(19)14-5-7-15(8-6-14)20-12-11-17-10-9-13-3-1-2-4-13/h5-8,13,17H,1-4,9-12H2,(H,18,19). The summed E-state index contributed by atoms with van der Waals surface area (Å²) in [5.74, 6) is 0.727. The van der Waals surface area contributed by atoms with Crippen LogP contribution in [0, 0.1) is 5.92 Å². The summed E-state index contributed by atoms with van der Waals surface area (Å²) in [7, 11) is 0. The van der Waals surface area contributed by atoms with Crippen LogP contribution in [-0.2, 0) is 0 Å². The summed E-state index contributed by atoms with van der Waals surface area (Å²) in [6.07, 6.45) is 6.87. The molecule has 1 aliphatic carbocycles. The average Bonchev–Trinajstić information content (AvgIpc) is 2.96. The van der Waals surface area contributed by atoms with Crippen molar-refractivity contribution in [3.05, 3.63) is 29.8 Å². The third kappa shape index (κ3) is 4.85. The van der Waals surface area contributed by atoms with Gasteiger partial charge in [0.05, 0.1) is 5.56 Å². The third-order valence-corrected chi connectivity index (χ3v) is 3.85. The van der Waals surface area contributed by atoms with Gasteiger partial charge in [0.1, 0.15) is 12.4 Å². The molecule has 20 heavy (non-hydrogen) atoms. The molecular weight excluding hydrogens is 254 g/mol. The zero-order chi connectivity index (χ0) is 14.2. The highest BCUT2D eigenvalue weighted by Gasteiger charge is 2.13. The molecule has 110 valence electrons. The third-order valence-electron chi connectivity index (χ3n) is 3.85. The molecule has 0 unspecified atom stereocenters. The van der Waals surface area contributed by atoms with Crippen LogP contribution in [-0.4, -0.2) is 30.8 Å². The van der Waals surface area contributed by atoms with Gasteiger partial charge in [-0.3, -0.25) is 0 Å². The molecule has 0 amide bonds. The lowest BCUT2D eigenvalue weighted by molar-refractivity contribution is 0.0697. The quantitative estimate of drug-likeness (QED) is 0.717. The van der Waals surface area contributed by atoms with Crippen LogP contribution in [0.3, 0.4) is 0 Å². The van der Waals surface area contributed by atoms with Crippen molar-refractivity contribution in [1.29, 1.82) is 0 Å². The summed E-state index contributed by atoms with van der Waals surface area (Å²) in [5.41, 5.74) is 0.284. The largest absolute Gasteiger partial charge is 0.492 e. The van der Waals surface area contributed by atoms with Crippen LogP contribution in [0.15, 0.2) is 24.3 Å². The number of nitrogens with one attached hydrogen (secondary N) is 1. The molecule has 1 fully saturated rings. The Morgan fingerprint density at radius 2 is 1.90 bits per heavy atom. The highest BCUT2D eigenvalue weighted by atomic mass is 16.5. The smallest absolute Gasteiger partial charge is 0.335 e. The number of aromatic carboxylic acids is 1. The second-order valence-electron chi connectivity index (χ2n) is 5.37. The molecule has 0 radical (unpaired) electrons. The zero-order valence-corrected chi connectivity index (χ0v) is 11.8. The van der Waals surface area contributed by atoms with E-state index in [2.05, 4.69) is 5.32 Å². The van der Waals surface area contributed by atoms with Crippen LogP contribution >= 0.6 is 0 Å². The van der Waals surface area contributed by atoms with Gasteiger partial charge in [-0.25, -0.2) is 4.79 Å². The van der Waals surface area contributed by atoms with Gasteiger partial charge < -0.3 is 15.2 Å². The van der Waals surface area contributed by atoms with Crippen LogP contribution in [0.5, 0.6) is 5.75 Å². The van der Waals surface area contributed by atoms with Gasteiger partial charge in [0.25, 0.3) is 0 Å². The van der Waals surface area contributed by atoms with E-state index in [1.807, 2.05) is 0 Å². The average molecular weight is 277 g/mol. The monoisotopic (exact) mass is 277 g/mol. The van der Waals surface area contributed by atoms with Crippen molar-refractivity contribution in [2.45, 2.75) is 32.1 Å². The summed E-state index contributed by atoms with van der Waals surface area (Å²) >= 11 is 0. The molecule has 1 aliphatic rings. The normalized spacial score (nSPS) is 15.4. The number of rotatable bonds is 8. The molecule has 0 atom stereocenters. The molecule has 1 aromatic carbocycles. The van der Waals surface area contributed by atoms with Gasteiger partial charge in [-0.1, -0.05) is 25.7 Å². The molecule has 0 bridgehead atoms. The Balaban J connectivity index is 1.55. The van der Waals surface area contributed by atoms with Crippen molar-refractivity contribution < 1.29 is 14.6 Å². The zero-order valence-electron chi connectivity index (χ0n) is 11.8. The van der Waals surface area contributed by atoms with Gasteiger partial charge in [-0.2, -0.15) is 0 Å². The summed E-state index contributed by atoms with van der Waals surface area (Å²) < 4.78 is 5.56. The van der Waals surface area contributed by atoms with Gasteiger partial charge in [0.2, 0.25) is 0 Å². The Kier molecular flexibility index (Phi) is 5.87. The molecule has 4 heteroatoms. The van der Waals surface area contributed by atoms with Crippen molar-refractivity contribution in [2.75, 3.05) is 19.7 Å². The molecule has 0 saturated heterocycles. The lowest BCUT2D eigenvalue weighted by atomic mass is 10.0. The van der Waals surface area contributed by atoms with Crippen molar-refractivity contribution in [2.24, 2.45) is 5.92 Å². The van der Waals surface area contributed by atoms with E-state index in [1.54, 1.807) is 24.3 Å². The molecule has 1 saturated carbocycles. The highest BCUT2D eigenvalue weighted by Crippen LogP contribution is 2.26. The molecule has 0 aliphatic heterocycles. The molecule has 2 N–H and O–H groups in total. The van der Waals surface area contributed by atoms with E-state index in [9.17, 15) is 4.79 Å². The van der Waals surface area contributed by atoms with Gasteiger partial charge in [0, 0.05) is 6.54 Å². The molecule has 0 aromatic heterocycles. The minimum Gasteiger partial charge on any atom is -0.492 e. The SMILES string of the molecule is O=C(O)c1ccc(OCCNCCC2CCCC2)cc1. The summed E-state index contributed by atoms with van der Waals surface area (Å²) in [4.78, 5) is 10.7. The molecule has 2 rings (SSSR count). The second-order valence-corrected chi connectivity index (χ2v) is 5.37. The van der Waals surface area contributed by atoms with Crippen molar-refractivity contribution in [3.8, 4) is 5.75 Å². The molecular formula is C16H23NO3. The minimum atomic E-state index is -0.912. The summed E-state index contributed by atoms with van der Waals surface area (Å²) in [6.45, 7) is 2.50. The Bertz CT molecular complexity index is 410. The number of hydrogen-bond donors (Lipinski definition) is 2. The van der Waals surface area contributed by atoms with Crippen LogP contribution in [0.4, 0.5) is 0 Å². The fourth-order valence-corrected chi connectivity index (χ4v) is 2.67. The van der Waals surface area contributed by atoms with Crippen molar-refractivity contribution >= 4 is 5.97 Å². The number of benzene rings is 1. The summed E-state index contributed by atoms with van der Waals surface area (Å²) in [6, 6.07) is 6.51. The molecule has 0 spiro atoms. The Morgan fingerprint density at radius 3 is 2.55 bits per heavy atom. The number of carboxylic acids is 1. The molecule has 4 nitrogen and oxygen atoms in total. The van der Waals surface area contributed by atoms with Crippen LogP contribution < -0.4 is 10.1 Å². The van der Waals surface area contributed by atoms with Gasteiger partial charge in [-0.05, 0) is 43.1 Å². The first-order valence-electron chi connectivity index (χ1n) is 7.42. The predicted octanol–water partition coefficient (Wildman–Crippen LogP) is 2.93. The van der Waals surface area contributed by atoms with E-state index in [4.69, 9.17) is 9.84 Å². The highest BCUT2D eigenvalue weighted by molar-refractivity contribution is 5.87. The number of carbonyl (C=O) groups is 1. The summed E-state index contributed by atoms with van der Waals surface area (Å²) in [5, 5.41) is 12.2. The van der Waals surface area contributed by atoms with E-state index in [0.717, 1.165) is 19.0 Å². The molecule has 1 aromatic rings. The maximum Gasteiger partial charge on any atom is 0.335 e. The van der Waals surface area contributed by atoms with Crippen LogP contribution in [0.1, 0.15) is 42.5 Å². The minimum absolute atomic E-state index is 0.284. The van der Waals surface area contributed by atoms with Gasteiger partial charge in [0.15, 0.2) is 0 Å². The number of hydrogen-bond acceptors (Lipinski definition) is 3. The van der Waals surface area contributed by atoms with E-state index in [-0.39, 0.29) is 5.56 Å². The van der Waals surface area contributed by atoms with E-state index < -0.39 is 5.97 Å². The van der Waals surface area contributed by atoms with Crippen molar-refractivity contribution in [3.63, 3.8) is 0 Å². The van der Waals surface area contributed by atoms with Crippen LogP contribution in [0.25, 0.3) is 0 Å². The number of ether oxygens (including phenoxy) is 1. The lowest BCUT2D eigenvalue weighted by Gasteiger charge is -2.10.